The topological polar surface area (TPSA) is 142 Å². The van der Waals surface area contributed by atoms with Gasteiger partial charge in [-0.1, -0.05) is 47.5 Å². The lowest BCUT2D eigenvalue weighted by atomic mass is 10.1. The number of carbonyl (C=O) groups excluding carboxylic acids is 1. The van der Waals surface area contributed by atoms with Gasteiger partial charge in [-0.05, 0) is 98.1 Å². The van der Waals surface area contributed by atoms with Gasteiger partial charge in [-0.2, -0.15) is 0 Å². The van der Waals surface area contributed by atoms with E-state index in [0.29, 0.717) is 5.75 Å². The molecule has 0 fully saturated rings. The number of carbonyl (C=O) groups is 2. The molecule has 4 aromatic carbocycles. The van der Waals surface area contributed by atoms with Crippen LogP contribution in [0.15, 0.2) is 97.1 Å². The number of methoxy groups -OCH3 is 1. The van der Waals surface area contributed by atoms with E-state index in [4.69, 9.17) is 16.9 Å². The standard InChI is InChI=1S/C17H17NO3.C10H10O3.C7H9N.C2H2/c1-12-3-7-14(8-4-12)18-17(20)10-6-13-5-9-15(19)16(11-13)21-2;1-7-6-8(2-4-9(7)11)3-5-10(12)13;1-6-2-4-7(8)5-3-6;1-2/h3-11,19H,1-2H3,(H,18,20);2-6,11H,1H3,(H,12,13);2-5H,8H2,1H3;1-2H/b10-6+;5-3+;;/i;;;1D. The van der Waals surface area contributed by atoms with E-state index < -0.39 is 5.97 Å². The molecule has 0 unspecified atom stereocenters. The molecule has 0 aliphatic carbocycles. The molecule has 8 nitrogen and oxygen atoms in total. The highest BCUT2D eigenvalue weighted by Gasteiger charge is 2.02. The van der Waals surface area contributed by atoms with Crippen molar-refractivity contribution in [2.45, 2.75) is 20.8 Å². The molecule has 1 amide bonds. The Morgan fingerprint density at radius 3 is 1.82 bits per heavy atom. The summed E-state index contributed by atoms with van der Waals surface area (Å²) >= 11 is 0. The highest BCUT2D eigenvalue weighted by atomic mass is 16.5. The number of aryl methyl sites for hydroxylation is 3. The Morgan fingerprint density at radius 1 is 0.818 bits per heavy atom. The molecule has 4 rings (SSSR count). The molecule has 0 heterocycles. The van der Waals surface area contributed by atoms with E-state index in [2.05, 4.69) is 11.7 Å². The SMILES string of the molecule is COc1cc(/C=C/C(=O)Nc2ccc(C)cc2)ccc1O.Cc1cc(/C=C/C(=O)O)ccc1O.Cc1ccc(N)cc1.[2H]C#C. The molecule has 6 N–H and O–H groups in total. The van der Waals surface area contributed by atoms with E-state index in [1.165, 1.54) is 43.4 Å². The van der Waals surface area contributed by atoms with Crippen molar-refractivity contribution < 1.29 is 31.0 Å². The zero-order valence-corrected chi connectivity index (χ0v) is 25.1. The Balaban J connectivity index is 0.000000357. The second-order valence-electron chi connectivity index (χ2n) is 9.25. The Labute approximate surface area is 260 Å². The summed E-state index contributed by atoms with van der Waals surface area (Å²) in [5.41, 5.74) is 11.7. The quantitative estimate of drug-likeness (QED) is 0.0919. The van der Waals surface area contributed by atoms with Gasteiger partial charge in [0.15, 0.2) is 11.5 Å². The van der Waals surface area contributed by atoms with Crippen LogP contribution in [0.2, 0.25) is 0 Å². The molecular weight excluding hydrogens is 556 g/mol. The molecule has 0 spiro atoms. The molecule has 8 heteroatoms. The van der Waals surface area contributed by atoms with Crippen LogP contribution >= 0.6 is 0 Å². The van der Waals surface area contributed by atoms with E-state index in [-0.39, 0.29) is 17.4 Å². The monoisotopic (exact) mass is 595 g/mol. The Hall–Kier alpha value is -5.94. The average Bonchev–Trinajstić information content (AvgIpc) is 3.01. The largest absolute Gasteiger partial charge is 0.508 e. The highest BCUT2D eigenvalue weighted by Crippen LogP contribution is 2.26. The summed E-state index contributed by atoms with van der Waals surface area (Å²) in [6.45, 7) is 5.79. The van der Waals surface area contributed by atoms with E-state index in [1.54, 1.807) is 37.3 Å². The third kappa shape index (κ3) is 14.1. The van der Waals surface area contributed by atoms with Gasteiger partial charge in [0.1, 0.15) is 7.12 Å². The molecule has 0 radical (unpaired) electrons. The lowest BCUT2D eigenvalue weighted by Crippen LogP contribution is -2.07. The van der Waals surface area contributed by atoms with Crippen molar-refractivity contribution in [1.29, 1.82) is 0 Å². The first-order valence-electron chi connectivity index (χ1n) is 13.7. The summed E-state index contributed by atoms with van der Waals surface area (Å²) in [6, 6.07) is 25.2. The smallest absolute Gasteiger partial charge is 0.328 e. The van der Waals surface area contributed by atoms with Crippen molar-refractivity contribution in [3.05, 3.63) is 125 Å². The zero-order valence-electron chi connectivity index (χ0n) is 26.1. The minimum Gasteiger partial charge on any atom is -0.508 e. The number of aromatic hydroxyl groups is 2. The summed E-state index contributed by atoms with van der Waals surface area (Å²) in [4.78, 5) is 22.0. The number of rotatable bonds is 6. The third-order valence-corrected chi connectivity index (χ3v) is 5.67. The van der Waals surface area contributed by atoms with Crippen LogP contribution in [-0.2, 0) is 9.59 Å². The number of phenolic OH excluding ortho intramolecular Hbond substituents is 2. The summed E-state index contributed by atoms with van der Waals surface area (Å²) in [7, 11) is 1.48. The fraction of sp³-hybridized carbons (Fsp3) is 0.111. The van der Waals surface area contributed by atoms with Crippen LogP contribution in [0.25, 0.3) is 12.2 Å². The first-order valence-corrected chi connectivity index (χ1v) is 13.2. The molecular formula is C36H38N2O6. The molecule has 4 aromatic rings. The summed E-state index contributed by atoms with van der Waals surface area (Å²) in [5, 5.41) is 29.8. The van der Waals surface area contributed by atoms with E-state index in [1.807, 2.05) is 62.4 Å². The van der Waals surface area contributed by atoms with Gasteiger partial charge in [-0.3, -0.25) is 4.79 Å². The van der Waals surface area contributed by atoms with Crippen molar-refractivity contribution in [3.8, 4) is 30.1 Å². The number of nitrogens with one attached hydrogen (secondary N) is 1. The third-order valence-electron chi connectivity index (χ3n) is 5.67. The summed E-state index contributed by atoms with van der Waals surface area (Å²) < 4.78 is 10.8. The van der Waals surface area contributed by atoms with Crippen molar-refractivity contribution in [2.24, 2.45) is 0 Å². The number of anilines is 2. The van der Waals surface area contributed by atoms with Crippen molar-refractivity contribution in [1.82, 2.24) is 0 Å². The molecule has 0 atom stereocenters. The number of nitrogen functional groups attached to an aromatic ring is 1. The lowest BCUT2D eigenvalue weighted by Gasteiger charge is -2.04. The maximum atomic E-state index is 11.8. The summed E-state index contributed by atoms with van der Waals surface area (Å²) in [6.07, 6.45) is 11.4. The fourth-order valence-electron chi connectivity index (χ4n) is 3.31. The molecule has 0 aliphatic heterocycles. The summed E-state index contributed by atoms with van der Waals surface area (Å²) in [5.74, 6) is -0.543. The van der Waals surface area contributed by atoms with Crippen LogP contribution in [0.3, 0.4) is 0 Å². The second kappa shape index (κ2) is 19.2. The number of terminal acetylenes is 1. The highest BCUT2D eigenvalue weighted by molar-refractivity contribution is 6.01. The first-order chi connectivity index (χ1) is 21.4. The molecule has 44 heavy (non-hydrogen) atoms. The van der Waals surface area contributed by atoms with Gasteiger partial charge < -0.3 is 31.1 Å². The minimum absolute atomic E-state index is 0.0683. The number of aliphatic carboxylic acids is 1. The van der Waals surface area contributed by atoms with Gasteiger partial charge in [0, 0.05) is 23.5 Å². The maximum absolute atomic E-state index is 11.8. The van der Waals surface area contributed by atoms with Crippen LogP contribution in [0.5, 0.6) is 17.2 Å². The van der Waals surface area contributed by atoms with E-state index in [0.717, 1.165) is 39.7 Å². The van der Waals surface area contributed by atoms with Gasteiger partial charge in [-0.15, -0.1) is 12.8 Å². The number of hydrogen-bond acceptors (Lipinski definition) is 6. The fourth-order valence-corrected chi connectivity index (χ4v) is 3.31. The maximum Gasteiger partial charge on any atom is 0.328 e. The molecule has 228 valence electrons. The van der Waals surface area contributed by atoms with E-state index >= 15 is 0 Å². The van der Waals surface area contributed by atoms with Crippen LogP contribution < -0.4 is 15.8 Å². The number of phenols is 2. The number of hydrogen-bond donors (Lipinski definition) is 5. The Kier molecular flexibility index (Phi) is 15.0. The van der Waals surface area contributed by atoms with Crippen molar-refractivity contribution in [2.75, 3.05) is 18.2 Å². The molecule has 0 aromatic heterocycles. The van der Waals surface area contributed by atoms with Crippen LogP contribution in [0.1, 0.15) is 29.2 Å². The average molecular weight is 596 g/mol. The number of carboxylic acids is 1. The van der Waals surface area contributed by atoms with Crippen LogP contribution in [-0.4, -0.2) is 34.3 Å². The normalized spacial score (nSPS) is 10.0. The minimum atomic E-state index is -0.981. The van der Waals surface area contributed by atoms with Gasteiger partial charge in [0.25, 0.3) is 0 Å². The Bertz CT molecular complexity index is 1600. The van der Waals surface area contributed by atoms with Crippen molar-refractivity contribution in [3.63, 3.8) is 0 Å². The molecule has 0 saturated carbocycles. The first kappa shape index (κ1) is 34.3. The molecule has 0 saturated heterocycles. The van der Waals surface area contributed by atoms with Gasteiger partial charge in [0.2, 0.25) is 5.91 Å². The van der Waals surface area contributed by atoms with Crippen LogP contribution in [0, 0.1) is 33.6 Å². The number of nitrogens with two attached hydrogens (primary N) is 1. The van der Waals surface area contributed by atoms with Gasteiger partial charge in [-0.25, -0.2) is 4.79 Å². The number of amides is 1. The van der Waals surface area contributed by atoms with Crippen LogP contribution in [0.4, 0.5) is 11.4 Å². The van der Waals surface area contributed by atoms with Gasteiger partial charge >= 0.3 is 5.97 Å². The van der Waals surface area contributed by atoms with E-state index in [9.17, 15) is 19.8 Å². The predicted octanol–water partition coefficient (Wildman–Crippen LogP) is 6.99. The van der Waals surface area contributed by atoms with Crippen molar-refractivity contribution >= 4 is 35.4 Å². The second-order valence-corrected chi connectivity index (χ2v) is 9.25. The number of benzene rings is 4. The molecule has 0 aliphatic rings. The predicted molar refractivity (Wildman–Crippen MR) is 178 cm³/mol. The lowest BCUT2D eigenvalue weighted by molar-refractivity contribution is -0.131. The number of ether oxygens (including phenoxy) is 1. The zero-order chi connectivity index (χ0) is 33.8. The Morgan fingerprint density at radius 2 is 1.32 bits per heavy atom. The molecule has 0 bridgehead atoms. The van der Waals surface area contributed by atoms with Gasteiger partial charge in [0.05, 0.1) is 7.11 Å². The number of carboxylic acid groups (broad SMARTS) is 1.